The van der Waals surface area contributed by atoms with Crippen LogP contribution >= 0.6 is 0 Å². The van der Waals surface area contributed by atoms with E-state index in [2.05, 4.69) is 0 Å². The number of amides is 1. The fourth-order valence-corrected chi connectivity index (χ4v) is 2.46. The highest BCUT2D eigenvalue weighted by Crippen LogP contribution is 2.23. The second-order valence-electron chi connectivity index (χ2n) is 7.25. The number of carbonyl (C=O) groups is 1. The second-order valence-corrected chi connectivity index (χ2v) is 7.25. The first-order valence-corrected chi connectivity index (χ1v) is 8.23. The molecule has 26 heavy (non-hydrogen) atoms. The van der Waals surface area contributed by atoms with Crippen LogP contribution < -0.4 is 11.2 Å². The number of fused-ring (bicyclic) bond motifs is 1. The van der Waals surface area contributed by atoms with Gasteiger partial charge in [0.2, 0.25) is 0 Å². The topological polar surface area (TPSA) is 102 Å². The van der Waals surface area contributed by atoms with Gasteiger partial charge in [0.1, 0.15) is 22.3 Å². The van der Waals surface area contributed by atoms with Gasteiger partial charge in [0, 0.05) is 31.9 Å². The molecule has 1 amide bonds. The Bertz CT molecular complexity index is 965. The molecule has 142 valence electrons. The number of ether oxygens (including phenoxy) is 1. The molecule has 8 heteroatoms. The van der Waals surface area contributed by atoms with E-state index in [4.69, 9.17) is 9.15 Å². The molecule has 2 heterocycles. The molecule has 0 saturated carbocycles. The van der Waals surface area contributed by atoms with Crippen molar-refractivity contribution in [1.82, 2.24) is 9.47 Å². The lowest BCUT2D eigenvalue weighted by Gasteiger charge is -2.25. The van der Waals surface area contributed by atoms with E-state index in [0.717, 1.165) is 0 Å². The van der Waals surface area contributed by atoms with E-state index in [0.29, 0.717) is 5.69 Å². The summed E-state index contributed by atoms with van der Waals surface area (Å²) in [6, 6.07) is 1.52. The Morgan fingerprint density at radius 3 is 2.50 bits per heavy atom. The van der Waals surface area contributed by atoms with Crippen molar-refractivity contribution in [3.63, 3.8) is 0 Å². The summed E-state index contributed by atoms with van der Waals surface area (Å²) in [6.07, 6.45) is -0.492. The molecule has 2 rings (SSSR count). The predicted octanol–water partition coefficient (Wildman–Crippen LogP) is 2.14. The first-order chi connectivity index (χ1) is 11.9. The summed E-state index contributed by atoms with van der Waals surface area (Å²) < 4.78 is 11.8. The Kier molecular flexibility index (Phi) is 5.16. The average molecular weight is 364 g/mol. The molecular weight excluding hydrogens is 340 g/mol. The molecule has 0 radical (unpaired) electrons. The van der Waals surface area contributed by atoms with Crippen LogP contribution in [0.1, 0.15) is 32.0 Å². The highest BCUT2D eigenvalue weighted by atomic mass is 16.6. The van der Waals surface area contributed by atoms with E-state index in [1.807, 2.05) is 0 Å². The van der Waals surface area contributed by atoms with Gasteiger partial charge in [-0.3, -0.25) is 4.79 Å². The summed E-state index contributed by atoms with van der Waals surface area (Å²) in [5.74, 6) is -0.379. The van der Waals surface area contributed by atoms with Gasteiger partial charge < -0.3 is 23.7 Å². The maximum absolute atomic E-state index is 12.8. The van der Waals surface area contributed by atoms with Gasteiger partial charge in [-0.05, 0) is 34.6 Å². The van der Waals surface area contributed by atoms with Crippen LogP contribution in [0.2, 0.25) is 0 Å². The number of aromatic nitrogens is 1. The van der Waals surface area contributed by atoms with Gasteiger partial charge in [-0.1, -0.05) is 0 Å². The molecule has 0 spiro atoms. The lowest BCUT2D eigenvalue weighted by Crippen LogP contribution is -2.37. The van der Waals surface area contributed by atoms with Crippen LogP contribution in [-0.4, -0.2) is 39.9 Å². The van der Waals surface area contributed by atoms with Crippen molar-refractivity contribution >= 4 is 17.1 Å². The van der Waals surface area contributed by atoms with E-state index in [1.54, 1.807) is 34.7 Å². The van der Waals surface area contributed by atoms with E-state index in [1.165, 1.54) is 22.5 Å². The summed E-state index contributed by atoms with van der Waals surface area (Å²) in [6.45, 7) is 8.83. The van der Waals surface area contributed by atoms with Gasteiger partial charge >= 0.3 is 11.7 Å². The van der Waals surface area contributed by atoms with Crippen molar-refractivity contribution in [1.29, 1.82) is 0 Å². The fourth-order valence-electron chi connectivity index (χ4n) is 2.46. The zero-order chi connectivity index (χ0) is 19.8. The van der Waals surface area contributed by atoms with Crippen molar-refractivity contribution < 1.29 is 19.1 Å². The van der Waals surface area contributed by atoms with Gasteiger partial charge in [0.15, 0.2) is 0 Å². The van der Waals surface area contributed by atoms with Crippen LogP contribution in [-0.2, 0) is 11.3 Å². The van der Waals surface area contributed by atoms with Crippen molar-refractivity contribution in [3.8, 4) is 5.75 Å². The van der Waals surface area contributed by atoms with Crippen molar-refractivity contribution in [2.24, 2.45) is 0 Å². The normalized spacial score (nSPS) is 11.6. The van der Waals surface area contributed by atoms with Gasteiger partial charge in [-0.25, -0.2) is 9.59 Å². The van der Waals surface area contributed by atoms with Crippen LogP contribution in [0.4, 0.5) is 4.79 Å². The number of rotatable bonds is 3. The minimum absolute atomic E-state index is 0.0177. The van der Waals surface area contributed by atoms with Gasteiger partial charge in [0.25, 0.3) is 5.56 Å². The molecular formula is C18H24N2O6. The van der Waals surface area contributed by atoms with Crippen molar-refractivity contribution in [2.45, 2.75) is 46.8 Å². The molecule has 0 saturated heterocycles. The number of hydrogen-bond acceptors (Lipinski definition) is 6. The van der Waals surface area contributed by atoms with Crippen LogP contribution in [0.3, 0.4) is 0 Å². The zero-order valence-corrected chi connectivity index (χ0v) is 15.9. The summed E-state index contributed by atoms with van der Waals surface area (Å²) in [5.41, 5.74) is -1.21. The standard InChI is InChI=1S/C18H24N2O6/c1-10-9-12-13(14(21)11(2)16(23)25-12)15(22)20(10)8-7-19(6)17(24)26-18(3,4)5/h9,21H,7-8H2,1-6H3. The largest absolute Gasteiger partial charge is 0.506 e. The summed E-state index contributed by atoms with van der Waals surface area (Å²) >= 11 is 0. The molecule has 2 aromatic rings. The summed E-state index contributed by atoms with van der Waals surface area (Å²) in [4.78, 5) is 37.8. The molecule has 0 aliphatic heterocycles. The fraction of sp³-hybridized carbons (Fsp3) is 0.500. The Morgan fingerprint density at radius 2 is 1.92 bits per heavy atom. The van der Waals surface area contributed by atoms with Crippen LogP contribution in [0.25, 0.3) is 11.0 Å². The Balaban J connectivity index is 2.35. The molecule has 0 atom stereocenters. The number of likely N-dealkylation sites (N-methyl/N-ethyl adjacent to an activating group) is 1. The Hall–Kier alpha value is -2.77. The third-order valence-electron chi connectivity index (χ3n) is 3.94. The van der Waals surface area contributed by atoms with Crippen LogP contribution in [0, 0.1) is 13.8 Å². The van der Waals surface area contributed by atoms with E-state index in [-0.39, 0.29) is 35.4 Å². The molecule has 0 aliphatic rings. The molecule has 1 N–H and O–H groups in total. The molecule has 2 aromatic heterocycles. The SMILES string of the molecule is Cc1c(O)c2c(=O)n(CCN(C)C(=O)OC(C)(C)C)c(C)cc2oc1=O. The van der Waals surface area contributed by atoms with E-state index < -0.39 is 22.9 Å². The molecule has 0 aliphatic carbocycles. The molecule has 0 bridgehead atoms. The maximum atomic E-state index is 12.8. The Labute approximate surface area is 150 Å². The number of aryl methyl sites for hydroxylation is 1. The van der Waals surface area contributed by atoms with Gasteiger partial charge in [-0.2, -0.15) is 0 Å². The quantitative estimate of drug-likeness (QED) is 0.895. The number of aromatic hydroxyl groups is 1. The molecule has 0 aromatic carbocycles. The first kappa shape index (κ1) is 19.6. The van der Waals surface area contributed by atoms with E-state index in [9.17, 15) is 19.5 Å². The molecule has 0 unspecified atom stereocenters. The monoisotopic (exact) mass is 364 g/mol. The Morgan fingerprint density at radius 1 is 1.31 bits per heavy atom. The second kappa shape index (κ2) is 6.86. The summed E-state index contributed by atoms with van der Waals surface area (Å²) in [7, 11) is 1.58. The minimum Gasteiger partial charge on any atom is -0.506 e. The third kappa shape index (κ3) is 3.89. The molecule has 0 fully saturated rings. The number of nitrogens with zero attached hydrogens (tertiary/aromatic N) is 2. The smallest absolute Gasteiger partial charge is 0.410 e. The zero-order valence-electron chi connectivity index (χ0n) is 15.9. The average Bonchev–Trinajstić information content (AvgIpc) is 2.50. The van der Waals surface area contributed by atoms with E-state index >= 15 is 0 Å². The maximum Gasteiger partial charge on any atom is 0.410 e. The van der Waals surface area contributed by atoms with Gasteiger partial charge in [0.05, 0.1) is 5.56 Å². The third-order valence-corrected chi connectivity index (χ3v) is 3.94. The number of carbonyl (C=O) groups excluding carboxylic acids is 1. The summed E-state index contributed by atoms with van der Waals surface area (Å²) in [5, 5.41) is 10.1. The lowest BCUT2D eigenvalue weighted by molar-refractivity contribution is 0.0293. The highest BCUT2D eigenvalue weighted by molar-refractivity contribution is 5.83. The van der Waals surface area contributed by atoms with Crippen LogP contribution in [0.5, 0.6) is 5.75 Å². The number of pyridine rings is 1. The van der Waals surface area contributed by atoms with Crippen LogP contribution in [0.15, 0.2) is 20.1 Å². The number of hydrogen-bond donors (Lipinski definition) is 1. The lowest BCUT2D eigenvalue weighted by atomic mass is 10.2. The minimum atomic E-state index is -0.684. The van der Waals surface area contributed by atoms with Crippen molar-refractivity contribution in [3.05, 3.63) is 38.1 Å². The van der Waals surface area contributed by atoms with Gasteiger partial charge in [-0.15, -0.1) is 0 Å². The highest BCUT2D eigenvalue weighted by Gasteiger charge is 2.21. The van der Waals surface area contributed by atoms with Crippen molar-refractivity contribution in [2.75, 3.05) is 13.6 Å². The molecule has 8 nitrogen and oxygen atoms in total. The predicted molar refractivity (Wildman–Crippen MR) is 96.7 cm³/mol. The first-order valence-electron chi connectivity index (χ1n) is 8.23.